The number of rotatable bonds is 10. The number of esters is 1. The van der Waals surface area contributed by atoms with Crippen molar-refractivity contribution in [3.05, 3.63) is 65.3 Å². The van der Waals surface area contributed by atoms with Crippen molar-refractivity contribution in [1.82, 2.24) is 20.4 Å². The second-order valence-corrected chi connectivity index (χ2v) is 8.12. The Hall–Kier alpha value is -3.26. The molecule has 0 saturated heterocycles. The van der Waals surface area contributed by atoms with Gasteiger partial charge in [-0.25, -0.2) is 4.79 Å². The number of ether oxygens (including phenoxy) is 1. The highest BCUT2D eigenvalue weighted by Crippen LogP contribution is 2.15. The quantitative estimate of drug-likeness (QED) is 0.361. The molecule has 1 unspecified atom stereocenters. The maximum absolute atomic E-state index is 12.6. The molecule has 1 aromatic carbocycles. The lowest BCUT2D eigenvalue weighted by Gasteiger charge is -2.19. The van der Waals surface area contributed by atoms with Gasteiger partial charge < -0.3 is 14.6 Å². The largest absolute Gasteiger partial charge is 0.464 e. The molecule has 32 heavy (non-hydrogen) atoms. The van der Waals surface area contributed by atoms with E-state index in [2.05, 4.69) is 20.4 Å². The first-order chi connectivity index (χ1) is 15.4. The van der Waals surface area contributed by atoms with Crippen molar-refractivity contribution in [1.29, 1.82) is 0 Å². The molecular formula is C23H25ClN4O4. The normalized spacial score (nSPS) is 11.9. The van der Waals surface area contributed by atoms with Crippen LogP contribution in [0.25, 0.3) is 11.4 Å². The highest BCUT2D eigenvalue weighted by atomic mass is 35.5. The summed E-state index contributed by atoms with van der Waals surface area (Å²) in [6.07, 6.45) is 4.77. The Bertz CT molecular complexity index is 1020. The van der Waals surface area contributed by atoms with Crippen LogP contribution in [-0.2, 0) is 16.0 Å². The predicted molar refractivity (Wildman–Crippen MR) is 119 cm³/mol. The molecule has 2 aromatic heterocycles. The third kappa shape index (κ3) is 6.88. The standard InChI is InChI=1S/C23H25ClN4O4/c1-15(2)13-19(26-22(29)16-7-9-18(24)10-8-16)23(30)31-12-4-6-20-27-21(28-32-20)17-5-3-11-25-14-17/h3,5,7-11,14-15,19H,4,6,12-13H2,1-2H3,(H,26,29). The maximum atomic E-state index is 12.6. The second kappa shape index (κ2) is 11.4. The molecule has 1 atom stereocenters. The van der Waals surface area contributed by atoms with E-state index in [1.807, 2.05) is 19.9 Å². The molecule has 3 aromatic rings. The lowest BCUT2D eigenvalue weighted by Crippen LogP contribution is -2.42. The Morgan fingerprint density at radius 1 is 1.19 bits per heavy atom. The van der Waals surface area contributed by atoms with Gasteiger partial charge in [-0.1, -0.05) is 30.6 Å². The highest BCUT2D eigenvalue weighted by Gasteiger charge is 2.24. The van der Waals surface area contributed by atoms with E-state index in [4.69, 9.17) is 20.9 Å². The summed E-state index contributed by atoms with van der Waals surface area (Å²) >= 11 is 5.87. The molecule has 0 radical (unpaired) electrons. The fourth-order valence-electron chi connectivity index (χ4n) is 2.99. The fourth-order valence-corrected chi connectivity index (χ4v) is 3.12. The molecule has 0 aliphatic carbocycles. The van der Waals surface area contributed by atoms with Crippen LogP contribution < -0.4 is 5.32 Å². The van der Waals surface area contributed by atoms with Gasteiger partial charge in [-0.15, -0.1) is 0 Å². The zero-order valence-corrected chi connectivity index (χ0v) is 18.7. The van der Waals surface area contributed by atoms with Gasteiger partial charge in [0, 0.05) is 35.0 Å². The number of aryl methyl sites for hydroxylation is 1. The predicted octanol–water partition coefficient (Wildman–Crippen LogP) is 4.11. The van der Waals surface area contributed by atoms with Gasteiger partial charge in [0.05, 0.1) is 6.61 Å². The molecule has 0 aliphatic rings. The molecule has 1 N–H and O–H groups in total. The van der Waals surface area contributed by atoms with Gasteiger partial charge in [0.25, 0.3) is 5.91 Å². The average Bonchev–Trinajstić information content (AvgIpc) is 3.26. The summed E-state index contributed by atoms with van der Waals surface area (Å²) in [7, 11) is 0. The first kappa shape index (κ1) is 23.4. The van der Waals surface area contributed by atoms with Gasteiger partial charge in [-0.05, 0) is 55.2 Å². The second-order valence-electron chi connectivity index (χ2n) is 7.69. The van der Waals surface area contributed by atoms with Crippen molar-refractivity contribution in [3.8, 4) is 11.4 Å². The van der Waals surface area contributed by atoms with Crippen LogP contribution in [0.2, 0.25) is 5.02 Å². The number of hydrogen-bond acceptors (Lipinski definition) is 7. The van der Waals surface area contributed by atoms with Crippen LogP contribution >= 0.6 is 11.6 Å². The summed E-state index contributed by atoms with van der Waals surface area (Å²) in [5.74, 6) is 0.296. The molecule has 8 nitrogen and oxygen atoms in total. The third-order valence-electron chi connectivity index (χ3n) is 4.57. The Labute approximate surface area is 191 Å². The number of nitrogens with zero attached hydrogens (tertiary/aromatic N) is 3. The highest BCUT2D eigenvalue weighted by molar-refractivity contribution is 6.30. The van der Waals surface area contributed by atoms with Gasteiger partial charge in [0.1, 0.15) is 6.04 Å². The lowest BCUT2D eigenvalue weighted by molar-refractivity contribution is -0.146. The summed E-state index contributed by atoms with van der Waals surface area (Å²) in [6.45, 7) is 4.13. The van der Waals surface area contributed by atoms with Crippen LogP contribution in [0.3, 0.4) is 0 Å². The lowest BCUT2D eigenvalue weighted by atomic mass is 10.0. The Balaban J connectivity index is 1.49. The molecule has 3 rings (SSSR count). The molecule has 0 fully saturated rings. The van der Waals surface area contributed by atoms with E-state index in [1.54, 1.807) is 42.7 Å². The third-order valence-corrected chi connectivity index (χ3v) is 4.82. The summed E-state index contributed by atoms with van der Waals surface area (Å²) in [6, 6.07) is 9.38. The minimum atomic E-state index is -0.737. The van der Waals surface area contributed by atoms with Gasteiger partial charge in [-0.2, -0.15) is 4.98 Å². The number of hydrogen-bond donors (Lipinski definition) is 1. The monoisotopic (exact) mass is 456 g/mol. The number of halogens is 1. The number of carbonyl (C=O) groups is 2. The topological polar surface area (TPSA) is 107 Å². The molecule has 0 spiro atoms. The molecule has 2 heterocycles. The summed E-state index contributed by atoms with van der Waals surface area (Å²) in [5, 5.41) is 7.23. The first-order valence-electron chi connectivity index (χ1n) is 10.4. The van der Waals surface area contributed by atoms with Crippen LogP contribution in [0, 0.1) is 5.92 Å². The van der Waals surface area contributed by atoms with Crippen molar-refractivity contribution < 1.29 is 18.8 Å². The molecule has 0 aliphatic heterocycles. The number of amides is 1. The summed E-state index contributed by atoms with van der Waals surface area (Å²) in [4.78, 5) is 33.4. The summed E-state index contributed by atoms with van der Waals surface area (Å²) < 4.78 is 10.6. The smallest absolute Gasteiger partial charge is 0.328 e. The number of pyridine rings is 1. The van der Waals surface area contributed by atoms with E-state index < -0.39 is 12.0 Å². The van der Waals surface area contributed by atoms with E-state index >= 15 is 0 Å². The zero-order chi connectivity index (χ0) is 22.9. The first-order valence-corrected chi connectivity index (χ1v) is 10.8. The van der Waals surface area contributed by atoms with Crippen molar-refractivity contribution in [2.45, 2.75) is 39.2 Å². The molecule has 0 bridgehead atoms. The van der Waals surface area contributed by atoms with E-state index in [-0.39, 0.29) is 18.4 Å². The van der Waals surface area contributed by atoms with Gasteiger partial charge in [0.15, 0.2) is 0 Å². The number of carbonyl (C=O) groups excluding carboxylic acids is 2. The van der Waals surface area contributed by atoms with Crippen LogP contribution in [-0.4, -0.2) is 39.6 Å². The van der Waals surface area contributed by atoms with E-state index in [0.29, 0.717) is 41.6 Å². The maximum Gasteiger partial charge on any atom is 0.328 e. The SMILES string of the molecule is CC(C)CC(NC(=O)c1ccc(Cl)cc1)C(=O)OCCCc1nc(-c2cccnc2)no1. The average molecular weight is 457 g/mol. The zero-order valence-electron chi connectivity index (χ0n) is 18.0. The van der Waals surface area contributed by atoms with Crippen molar-refractivity contribution in [2.24, 2.45) is 5.92 Å². The van der Waals surface area contributed by atoms with Crippen LogP contribution in [0.5, 0.6) is 0 Å². The number of benzene rings is 1. The molecular weight excluding hydrogens is 432 g/mol. The molecule has 168 valence electrons. The van der Waals surface area contributed by atoms with Crippen LogP contribution in [0.4, 0.5) is 0 Å². The van der Waals surface area contributed by atoms with Gasteiger partial charge in [0.2, 0.25) is 11.7 Å². The van der Waals surface area contributed by atoms with E-state index in [1.165, 1.54) is 0 Å². The minimum Gasteiger partial charge on any atom is -0.464 e. The Kier molecular flexibility index (Phi) is 8.33. The Morgan fingerprint density at radius 3 is 2.66 bits per heavy atom. The summed E-state index contributed by atoms with van der Waals surface area (Å²) in [5.41, 5.74) is 1.19. The van der Waals surface area contributed by atoms with Crippen molar-refractivity contribution in [2.75, 3.05) is 6.61 Å². The van der Waals surface area contributed by atoms with Gasteiger partial charge >= 0.3 is 5.97 Å². The number of aromatic nitrogens is 3. The fraction of sp³-hybridized carbons (Fsp3) is 0.348. The van der Waals surface area contributed by atoms with Crippen molar-refractivity contribution in [3.63, 3.8) is 0 Å². The molecule has 9 heteroatoms. The number of nitrogens with one attached hydrogen (secondary N) is 1. The van der Waals surface area contributed by atoms with Crippen LogP contribution in [0.15, 0.2) is 53.3 Å². The minimum absolute atomic E-state index is 0.175. The Morgan fingerprint density at radius 2 is 1.97 bits per heavy atom. The van der Waals surface area contributed by atoms with E-state index in [9.17, 15) is 9.59 Å². The molecule has 0 saturated carbocycles. The van der Waals surface area contributed by atoms with E-state index in [0.717, 1.165) is 5.56 Å². The van der Waals surface area contributed by atoms with Gasteiger partial charge in [-0.3, -0.25) is 9.78 Å². The van der Waals surface area contributed by atoms with Crippen LogP contribution in [0.1, 0.15) is 42.9 Å². The molecule has 1 amide bonds. The van der Waals surface area contributed by atoms with Crippen molar-refractivity contribution >= 4 is 23.5 Å².